The normalized spacial score (nSPS) is 21.5. The molecular weight excluding hydrogens is 362 g/mol. The fraction of sp³-hybridized carbons (Fsp3) is 0.429. The first-order valence-corrected chi connectivity index (χ1v) is 7.50. The van der Waals surface area contributed by atoms with E-state index in [4.69, 9.17) is 5.11 Å². The molecule has 1 aromatic carbocycles. The fourth-order valence-electron chi connectivity index (χ4n) is 2.54. The van der Waals surface area contributed by atoms with Gasteiger partial charge in [0, 0.05) is 17.6 Å². The minimum Gasteiger partial charge on any atom is -0.481 e. The molecule has 0 radical (unpaired) electrons. The summed E-state index contributed by atoms with van der Waals surface area (Å²) in [6, 6.07) is 1.37. The molecule has 1 saturated heterocycles. The van der Waals surface area contributed by atoms with E-state index in [1.807, 2.05) is 6.92 Å². The summed E-state index contributed by atoms with van der Waals surface area (Å²) in [7, 11) is 0. The number of likely N-dealkylation sites (tertiary alicyclic amines) is 1. The number of urea groups is 1. The predicted octanol–water partition coefficient (Wildman–Crippen LogP) is 3.30. The van der Waals surface area contributed by atoms with E-state index in [1.54, 1.807) is 0 Å². The quantitative estimate of drug-likeness (QED) is 0.831. The number of carbonyl (C=O) groups is 2. The highest BCUT2D eigenvalue weighted by Gasteiger charge is 2.32. The summed E-state index contributed by atoms with van der Waals surface area (Å²) in [6.45, 7) is 2.19. The van der Waals surface area contributed by atoms with Crippen molar-refractivity contribution >= 4 is 33.6 Å². The van der Waals surface area contributed by atoms with Crippen LogP contribution in [0.1, 0.15) is 13.3 Å². The summed E-state index contributed by atoms with van der Waals surface area (Å²) in [6.07, 6.45) is 0.472. The molecule has 1 heterocycles. The molecule has 8 heteroatoms. The lowest BCUT2D eigenvalue weighted by Gasteiger charge is -2.34. The number of halogens is 3. The maximum Gasteiger partial charge on any atom is 0.322 e. The van der Waals surface area contributed by atoms with Gasteiger partial charge < -0.3 is 15.3 Å². The van der Waals surface area contributed by atoms with Crippen molar-refractivity contribution in [3.05, 3.63) is 28.2 Å². The Morgan fingerprint density at radius 3 is 2.45 bits per heavy atom. The van der Waals surface area contributed by atoms with E-state index in [1.165, 1.54) is 4.90 Å². The summed E-state index contributed by atoms with van der Waals surface area (Å²) in [5, 5.41) is 11.3. The van der Waals surface area contributed by atoms with E-state index in [-0.39, 0.29) is 16.9 Å². The van der Waals surface area contributed by atoms with Crippen LogP contribution in [0, 0.1) is 23.5 Å². The van der Waals surface area contributed by atoms with Gasteiger partial charge in [-0.15, -0.1) is 0 Å². The van der Waals surface area contributed by atoms with Gasteiger partial charge in [0.1, 0.15) is 5.69 Å². The van der Waals surface area contributed by atoms with E-state index >= 15 is 0 Å². The molecule has 2 N–H and O–H groups in total. The SMILES string of the molecule is CC1CC(C(=O)O)CN(C(=O)Nc2c(F)cc(Br)cc2F)C1. The number of carboxylic acids is 1. The van der Waals surface area contributed by atoms with Gasteiger partial charge in [-0.05, 0) is 24.5 Å². The van der Waals surface area contributed by atoms with Gasteiger partial charge in [0.25, 0.3) is 0 Å². The molecule has 1 aromatic rings. The third kappa shape index (κ3) is 3.73. The molecule has 2 atom stereocenters. The van der Waals surface area contributed by atoms with Crippen molar-refractivity contribution in [1.82, 2.24) is 4.90 Å². The Morgan fingerprint density at radius 2 is 1.91 bits per heavy atom. The standard InChI is InChI=1S/C14H15BrF2N2O3/c1-7-2-8(13(20)21)6-19(5-7)14(22)18-12-10(16)3-9(15)4-11(12)17/h3-4,7-8H,2,5-6H2,1H3,(H,18,22)(H,20,21). The van der Waals surface area contributed by atoms with E-state index in [9.17, 15) is 18.4 Å². The van der Waals surface area contributed by atoms with Crippen LogP contribution in [0.2, 0.25) is 0 Å². The van der Waals surface area contributed by atoms with Gasteiger partial charge >= 0.3 is 12.0 Å². The number of anilines is 1. The van der Waals surface area contributed by atoms with E-state index < -0.39 is 35.2 Å². The first-order valence-electron chi connectivity index (χ1n) is 6.71. The Balaban J connectivity index is 2.13. The minimum absolute atomic E-state index is 0.000196. The Morgan fingerprint density at radius 1 is 1.32 bits per heavy atom. The van der Waals surface area contributed by atoms with Crippen molar-refractivity contribution in [1.29, 1.82) is 0 Å². The van der Waals surface area contributed by atoms with Gasteiger partial charge in [-0.1, -0.05) is 22.9 Å². The highest BCUT2D eigenvalue weighted by Crippen LogP contribution is 2.26. The largest absolute Gasteiger partial charge is 0.481 e. The second-order valence-corrected chi connectivity index (χ2v) is 6.37. The first kappa shape index (κ1) is 16.7. The first-order chi connectivity index (χ1) is 10.3. The van der Waals surface area contributed by atoms with Crippen molar-refractivity contribution in [2.45, 2.75) is 13.3 Å². The Labute approximate surface area is 134 Å². The zero-order valence-electron chi connectivity index (χ0n) is 11.8. The molecule has 0 bridgehead atoms. The summed E-state index contributed by atoms with van der Waals surface area (Å²) in [5.74, 6) is -3.46. The van der Waals surface area contributed by atoms with Crippen LogP contribution in [0.3, 0.4) is 0 Å². The van der Waals surface area contributed by atoms with Crippen molar-refractivity contribution < 1.29 is 23.5 Å². The number of nitrogens with one attached hydrogen (secondary N) is 1. The lowest BCUT2D eigenvalue weighted by atomic mass is 9.91. The number of carbonyl (C=O) groups excluding carboxylic acids is 1. The Hall–Kier alpha value is -1.70. The number of carboxylic acid groups (broad SMARTS) is 1. The highest BCUT2D eigenvalue weighted by molar-refractivity contribution is 9.10. The van der Waals surface area contributed by atoms with Gasteiger partial charge in [-0.2, -0.15) is 0 Å². The lowest BCUT2D eigenvalue weighted by molar-refractivity contribution is -0.143. The van der Waals surface area contributed by atoms with Gasteiger partial charge in [-0.25, -0.2) is 13.6 Å². The van der Waals surface area contributed by atoms with Crippen LogP contribution in [-0.4, -0.2) is 35.1 Å². The van der Waals surface area contributed by atoms with Gasteiger partial charge in [-0.3, -0.25) is 4.79 Å². The number of rotatable bonds is 2. The van der Waals surface area contributed by atoms with Gasteiger partial charge in [0.15, 0.2) is 11.6 Å². The Kier molecular flexibility index (Phi) is 5.00. The number of hydrogen-bond acceptors (Lipinski definition) is 2. The summed E-state index contributed by atoms with van der Waals surface area (Å²) >= 11 is 2.95. The molecule has 0 aromatic heterocycles. The van der Waals surface area contributed by atoms with E-state index in [2.05, 4.69) is 21.2 Å². The molecule has 0 saturated carbocycles. The molecule has 2 rings (SSSR count). The highest BCUT2D eigenvalue weighted by atomic mass is 79.9. The Bertz CT molecular complexity index is 589. The number of benzene rings is 1. The number of amides is 2. The third-order valence-electron chi connectivity index (χ3n) is 3.53. The van der Waals surface area contributed by atoms with Crippen LogP contribution in [0.25, 0.3) is 0 Å². The van der Waals surface area contributed by atoms with Crippen LogP contribution in [0.4, 0.5) is 19.3 Å². The zero-order valence-corrected chi connectivity index (χ0v) is 13.4. The number of hydrogen-bond donors (Lipinski definition) is 2. The second-order valence-electron chi connectivity index (χ2n) is 5.46. The lowest BCUT2D eigenvalue weighted by Crippen LogP contribution is -2.47. The molecular formula is C14H15BrF2N2O3. The minimum atomic E-state index is -0.981. The molecule has 1 aliphatic rings. The molecule has 22 heavy (non-hydrogen) atoms. The number of aliphatic carboxylic acids is 1. The van der Waals surface area contributed by atoms with Crippen molar-refractivity contribution in [2.24, 2.45) is 11.8 Å². The molecule has 0 spiro atoms. The average molecular weight is 377 g/mol. The van der Waals surface area contributed by atoms with Crippen molar-refractivity contribution in [3.63, 3.8) is 0 Å². The van der Waals surface area contributed by atoms with Gasteiger partial charge in [0.2, 0.25) is 0 Å². The molecule has 0 aliphatic carbocycles. The monoisotopic (exact) mass is 376 g/mol. The fourth-order valence-corrected chi connectivity index (χ4v) is 2.95. The topological polar surface area (TPSA) is 69.6 Å². The molecule has 2 amide bonds. The smallest absolute Gasteiger partial charge is 0.322 e. The van der Waals surface area contributed by atoms with Crippen LogP contribution in [0.15, 0.2) is 16.6 Å². The average Bonchev–Trinajstić information content (AvgIpc) is 2.41. The molecule has 120 valence electrons. The van der Waals surface area contributed by atoms with E-state index in [0.717, 1.165) is 12.1 Å². The summed E-state index contributed by atoms with van der Waals surface area (Å²) < 4.78 is 27.7. The summed E-state index contributed by atoms with van der Waals surface area (Å²) in [4.78, 5) is 24.5. The van der Waals surface area contributed by atoms with Crippen molar-refractivity contribution in [2.75, 3.05) is 18.4 Å². The number of piperidine rings is 1. The van der Waals surface area contributed by atoms with Crippen LogP contribution in [0.5, 0.6) is 0 Å². The van der Waals surface area contributed by atoms with Crippen molar-refractivity contribution in [3.8, 4) is 0 Å². The molecule has 2 unspecified atom stereocenters. The predicted molar refractivity (Wildman–Crippen MR) is 79.6 cm³/mol. The molecule has 1 fully saturated rings. The molecule has 5 nitrogen and oxygen atoms in total. The van der Waals surface area contributed by atoms with E-state index in [0.29, 0.717) is 13.0 Å². The van der Waals surface area contributed by atoms with Gasteiger partial charge in [0.05, 0.1) is 5.92 Å². The molecule has 1 aliphatic heterocycles. The summed E-state index contributed by atoms with van der Waals surface area (Å²) in [5.41, 5.74) is -0.543. The van der Waals surface area contributed by atoms with Crippen LogP contribution < -0.4 is 5.32 Å². The number of nitrogens with zero attached hydrogens (tertiary/aromatic N) is 1. The second kappa shape index (κ2) is 6.60. The maximum absolute atomic E-state index is 13.7. The van der Waals surface area contributed by atoms with Crippen LogP contribution >= 0.6 is 15.9 Å². The zero-order chi connectivity index (χ0) is 16.4. The maximum atomic E-state index is 13.7. The third-order valence-corrected chi connectivity index (χ3v) is 3.99. The van der Waals surface area contributed by atoms with Crippen LogP contribution in [-0.2, 0) is 4.79 Å².